The van der Waals surface area contributed by atoms with Gasteiger partial charge in [0.05, 0.1) is 11.8 Å². The number of allylic oxidation sites excluding steroid dienone is 3. The van der Waals surface area contributed by atoms with Gasteiger partial charge in [0.15, 0.2) is 0 Å². The molecule has 2 fully saturated rings. The third-order valence-corrected chi connectivity index (χ3v) is 9.76. The third kappa shape index (κ3) is 2.80. The van der Waals surface area contributed by atoms with Crippen LogP contribution in [0.1, 0.15) is 84.8 Å². The van der Waals surface area contributed by atoms with E-state index in [1.54, 1.807) is 23.0 Å². The lowest BCUT2D eigenvalue weighted by Gasteiger charge is -2.59. The minimum Gasteiger partial charge on any atom is -0.393 e. The number of rotatable bonds is 3. The smallest absolute Gasteiger partial charge is 0.116 e. The van der Waals surface area contributed by atoms with Gasteiger partial charge in [-0.25, -0.2) is 9.97 Å². The summed E-state index contributed by atoms with van der Waals surface area (Å²) in [5.41, 5.74) is 6.44. The molecular weight excluding hydrogens is 368 g/mol. The average Bonchev–Trinajstić information content (AvgIpc) is 3.06. The van der Waals surface area contributed by atoms with Gasteiger partial charge in [-0.3, -0.25) is 0 Å². The van der Waals surface area contributed by atoms with Crippen LogP contribution in [-0.2, 0) is 0 Å². The van der Waals surface area contributed by atoms with Crippen LogP contribution in [0.3, 0.4) is 0 Å². The molecule has 0 spiro atoms. The third-order valence-electron chi connectivity index (χ3n) is 9.76. The van der Waals surface area contributed by atoms with Gasteiger partial charge < -0.3 is 5.11 Å². The Kier molecular flexibility index (Phi) is 4.96. The maximum Gasteiger partial charge on any atom is 0.116 e. The normalized spacial score (nSPS) is 43.0. The Morgan fingerprint density at radius 2 is 1.87 bits per heavy atom. The molecule has 3 nitrogen and oxygen atoms in total. The van der Waals surface area contributed by atoms with Crippen molar-refractivity contribution in [1.82, 2.24) is 9.97 Å². The molecule has 0 saturated heterocycles. The second-order valence-electron chi connectivity index (χ2n) is 11.0. The SMILES string of the molecule is CCC1=C(c2ccncn2)[C@@]2(C)CC[C@@H]3[C@@H](C(CC)C=C4CC(O)CC[C@@]43C)[C@@H]2C1. The zero-order chi connectivity index (χ0) is 21.1. The van der Waals surface area contributed by atoms with Gasteiger partial charge in [-0.1, -0.05) is 44.9 Å². The fourth-order valence-corrected chi connectivity index (χ4v) is 8.21. The highest BCUT2D eigenvalue weighted by Gasteiger charge is 2.59. The lowest BCUT2D eigenvalue weighted by Crippen LogP contribution is -2.52. The number of aliphatic hydroxyl groups is 1. The molecule has 2 saturated carbocycles. The summed E-state index contributed by atoms with van der Waals surface area (Å²) in [5.74, 6) is 2.87. The number of nitrogens with zero attached hydrogens (tertiary/aromatic N) is 2. The van der Waals surface area contributed by atoms with Crippen molar-refractivity contribution in [3.63, 3.8) is 0 Å². The molecule has 30 heavy (non-hydrogen) atoms. The minimum absolute atomic E-state index is 0.128. The number of aliphatic hydroxyl groups excluding tert-OH is 1. The van der Waals surface area contributed by atoms with Gasteiger partial charge in [-0.05, 0) is 97.5 Å². The molecule has 0 aromatic carbocycles. The molecule has 0 amide bonds. The predicted molar refractivity (Wildman–Crippen MR) is 121 cm³/mol. The van der Waals surface area contributed by atoms with Crippen LogP contribution in [0.2, 0.25) is 0 Å². The van der Waals surface area contributed by atoms with Crippen molar-refractivity contribution in [3.05, 3.63) is 41.5 Å². The van der Waals surface area contributed by atoms with E-state index in [4.69, 9.17) is 4.98 Å². The van der Waals surface area contributed by atoms with E-state index >= 15 is 0 Å². The van der Waals surface area contributed by atoms with Crippen LogP contribution in [0.25, 0.3) is 5.57 Å². The van der Waals surface area contributed by atoms with E-state index in [9.17, 15) is 5.11 Å². The standard InChI is InChI=1S/C27H38N2O/c1-5-17-13-19-15-20(30)7-10-26(19,3)21-8-11-27(4)22(24(17)21)14-18(6-2)25(27)23-9-12-28-16-29-23/h9,12-13,16-17,20-22,24,30H,5-8,10-11,14-15H2,1-4H3/t17?,20?,21-,22+,24-,26+,27+/m1/s1. The fourth-order valence-electron chi connectivity index (χ4n) is 8.21. The quantitative estimate of drug-likeness (QED) is 0.607. The van der Waals surface area contributed by atoms with E-state index in [-0.39, 0.29) is 11.5 Å². The van der Waals surface area contributed by atoms with E-state index in [2.05, 4.69) is 44.8 Å². The molecule has 5 rings (SSSR count). The number of hydrogen-bond acceptors (Lipinski definition) is 3. The second-order valence-corrected chi connectivity index (χ2v) is 11.0. The van der Waals surface area contributed by atoms with Gasteiger partial charge in [0.1, 0.15) is 6.33 Å². The summed E-state index contributed by atoms with van der Waals surface area (Å²) >= 11 is 0. The molecule has 4 aliphatic rings. The molecule has 1 N–H and O–H groups in total. The van der Waals surface area contributed by atoms with Crippen molar-refractivity contribution in [2.24, 2.45) is 34.5 Å². The van der Waals surface area contributed by atoms with Crippen LogP contribution in [0, 0.1) is 34.5 Å². The summed E-state index contributed by atoms with van der Waals surface area (Å²) in [6, 6.07) is 2.13. The molecule has 0 radical (unpaired) electrons. The maximum absolute atomic E-state index is 10.4. The molecule has 4 aliphatic carbocycles. The zero-order valence-corrected chi connectivity index (χ0v) is 19.2. The highest BCUT2D eigenvalue weighted by molar-refractivity contribution is 5.74. The second kappa shape index (κ2) is 7.29. The Hall–Kier alpha value is -1.48. The predicted octanol–water partition coefficient (Wildman–Crippen LogP) is 6.21. The summed E-state index contributed by atoms with van der Waals surface area (Å²) in [6.45, 7) is 9.79. The van der Waals surface area contributed by atoms with Crippen LogP contribution >= 0.6 is 0 Å². The van der Waals surface area contributed by atoms with Crippen molar-refractivity contribution in [2.75, 3.05) is 0 Å². The lowest BCUT2D eigenvalue weighted by atomic mass is 9.45. The molecular formula is C27H38N2O. The average molecular weight is 407 g/mol. The van der Waals surface area contributed by atoms with E-state index in [1.165, 1.54) is 25.7 Å². The molecule has 3 heteroatoms. The molecule has 0 bridgehead atoms. The largest absolute Gasteiger partial charge is 0.393 e. The minimum atomic E-state index is -0.128. The fraction of sp³-hybridized carbons (Fsp3) is 0.704. The summed E-state index contributed by atoms with van der Waals surface area (Å²) < 4.78 is 0. The molecule has 1 heterocycles. The van der Waals surface area contributed by atoms with Crippen molar-refractivity contribution >= 4 is 5.57 Å². The first-order valence-corrected chi connectivity index (χ1v) is 12.3. The Morgan fingerprint density at radius 1 is 1.07 bits per heavy atom. The van der Waals surface area contributed by atoms with Crippen LogP contribution in [-0.4, -0.2) is 21.2 Å². The van der Waals surface area contributed by atoms with E-state index in [0.717, 1.165) is 43.2 Å². The number of fused-ring (bicyclic) bond motifs is 5. The number of hydrogen-bond donors (Lipinski definition) is 1. The zero-order valence-electron chi connectivity index (χ0n) is 19.2. The van der Waals surface area contributed by atoms with Crippen LogP contribution in [0.4, 0.5) is 0 Å². The van der Waals surface area contributed by atoms with Crippen molar-refractivity contribution in [1.29, 1.82) is 0 Å². The first-order chi connectivity index (χ1) is 14.4. The van der Waals surface area contributed by atoms with E-state index in [1.807, 2.05) is 6.20 Å². The van der Waals surface area contributed by atoms with Gasteiger partial charge in [0.25, 0.3) is 0 Å². The molecule has 1 aromatic heterocycles. The molecule has 7 atom stereocenters. The summed E-state index contributed by atoms with van der Waals surface area (Å²) in [4.78, 5) is 8.90. The Balaban J connectivity index is 1.58. The van der Waals surface area contributed by atoms with Crippen molar-refractivity contribution < 1.29 is 5.11 Å². The highest BCUT2D eigenvalue weighted by Crippen LogP contribution is 2.68. The van der Waals surface area contributed by atoms with Gasteiger partial charge in [-0.15, -0.1) is 0 Å². The molecule has 1 aromatic rings. The Morgan fingerprint density at radius 3 is 2.57 bits per heavy atom. The van der Waals surface area contributed by atoms with Crippen LogP contribution < -0.4 is 0 Å². The van der Waals surface area contributed by atoms with E-state index in [0.29, 0.717) is 17.3 Å². The Bertz CT molecular complexity index is 874. The lowest BCUT2D eigenvalue weighted by molar-refractivity contribution is -0.0468. The highest BCUT2D eigenvalue weighted by atomic mass is 16.3. The summed E-state index contributed by atoms with van der Waals surface area (Å²) in [6.07, 6.45) is 15.3. The number of aromatic nitrogens is 2. The maximum atomic E-state index is 10.4. The van der Waals surface area contributed by atoms with Crippen molar-refractivity contribution in [3.8, 4) is 0 Å². The molecule has 2 unspecified atom stereocenters. The summed E-state index contributed by atoms with van der Waals surface area (Å²) in [5, 5.41) is 10.4. The first-order valence-electron chi connectivity index (χ1n) is 12.3. The molecule has 0 aliphatic heterocycles. The van der Waals surface area contributed by atoms with E-state index < -0.39 is 0 Å². The van der Waals surface area contributed by atoms with Gasteiger partial charge in [0, 0.05) is 6.20 Å². The first kappa shape index (κ1) is 20.4. The topological polar surface area (TPSA) is 46.0 Å². The molecule has 162 valence electrons. The van der Waals surface area contributed by atoms with Gasteiger partial charge in [0.2, 0.25) is 0 Å². The Labute approximate surface area is 182 Å². The van der Waals surface area contributed by atoms with Crippen molar-refractivity contribution in [2.45, 2.75) is 85.2 Å². The van der Waals surface area contributed by atoms with Gasteiger partial charge >= 0.3 is 0 Å². The summed E-state index contributed by atoms with van der Waals surface area (Å²) in [7, 11) is 0. The van der Waals surface area contributed by atoms with Crippen LogP contribution in [0.15, 0.2) is 35.8 Å². The van der Waals surface area contributed by atoms with Crippen LogP contribution in [0.5, 0.6) is 0 Å². The van der Waals surface area contributed by atoms with Gasteiger partial charge in [-0.2, -0.15) is 0 Å². The monoisotopic (exact) mass is 406 g/mol.